The van der Waals surface area contributed by atoms with Crippen molar-refractivity contribution in [3.63, 3.8) is 0 Å². The van der Waals surface area contributed by atoms with Crippen molar-refractivity contribution < 1.29 is 13.2 Å². The van der Waals surface area contributed by atoms with Gasteiger partial charge < -0.3 is 5.32 Å². The Labute approximate surface area is 119 Å². The van der Waals surface area contributed by atoms with E-state index in [1.54, 1.807) is 0 Å². The van der Waals surface area contributed by atoms with E-state index in [-0.39, 0.29) is 29.5 Å². The lowest BCUT2D eigenvalue weighted by Gasteiger charge is -2.20. The van der Waals surface area contributed by atoms with Crippen molar-refractivity contribution in [2.45, 2.75) is 18.2 Å². The molecule has 0 bridgehead atoms. The van der Waals surface area contributed by atoms with Crippen LogP contribution in [0.15, 0.2) is 29.2 Å². The predicted octanol–water partition coefficient (Wildman–Crippen LogP) is 0.705. The first kappa shape index (κ1) is 16.1. The van der Waals surface area contributed by atoms with Crippen LogP contribution in [0.4, 0.5) is 0 Å². The van der Waals surface area contributed by atoms with Gasteiger partial charge in [-0.2, -0.15) is 9.57 Å². The van der Waals surface area contributed by atoms with E-state index in [1.165, 1.54) is 31.3 Å². The summed E-state index contributed by atoms with van der Waals surface area (Å²) in [5, 5.41) is 11.2. The molecular weight excluding hydrogens is 278 g/mol. The molecule has 0 spiro atoms. The lowest BCUT2D eigenvalue weighted by Crippen LogP contribution is -2.40. The Kier molecular flexibility index (Phi) is 5.67. The topological polar surface area (TPSA) is 90.3 Å². The maximum atomic E-state index is 12.5. The molecule has 108 valence electrons. The van der Waals surface area contributed by atoms with Crippen molar-refractivity contribution in [1.82, 2.24) is 9.62 Å². The van der Waals surface area contributed by atoms with Gasteiger partial charge in [0.25, 0.3) is 0 Å². The molecule has 0 aliphatic carbocycles. The standard InChI is InChI=1S/C13H17N3O3S/c1-3-7-16(10-13(17)15-2)20(18,19)12-6-4-5-11(8-12)9-14/h4-6,8H,3,7,10H2,1-2H3,(H,15,17). The summed E-state index contributed by atoms with van der Waals surface area (Å²) in [6.07, 6.45) is 0.591. The van der Waals surface area contributed by atoms with Crippen LogP contribution < -0.4 is 5.32 Å². The van der Waals surface area contributed by atoms with Crippen molar-refractivity contribution in [1.29, 1.82) is 5.26 Å². The van der Waals surface area contributed by atoms with Crippen molar-refractivity contribution in [3.8, 4) is 6.07 Å². The lowest BCUT2D eigenvalue weighted by molar-refractivity contribution is -0.120. The van der Waals surface area contributed by atoms with E-state index in [9.17, 15) is 13.2 Å². The van der Waals surface area contributed by atoms with Crippen molar-refractivity contribution in [3.05, 3.63) is 29.8 Å². The number of rotatable bonds is 6. The first-order valence-electron chi connectivity index (χ1n) is 6.16. The number of nitrogens with zero attached hydrogens (tertiary/aromatic N) is 2. The molecule has 0 saturated carbocycles. The van der Waals surface area contributed by atoms with Gasteiger partial charge in [-0.3, -0.25) is 4.79 Å². The number of sulfonamides is 1. The first-order valence-corrected chi connectivity index (χ1v) is 7.60. The van der Waals surface area contributed by atoms with Gasteiger partial charge in [0.05, 0.1) is 23.1 Å². The fraction of sp³-hybridized carbons (Fsp3) is 0.385. The van der Waals surface area contributed by atoms with Gasteiger partial charge in [-0.1, -0.05) is 13.0 Å². The number of carbonyl (C=O) groups is 1. The smallest absolute Gasteiger partial charge is 0.243 e. The van der Waals surface area contributed by atoms with E-state index in [2.05, 4.69) is 5.32 Å². The number of nitrogens with one attached hydrogen (secondary N) is 1. The molecule has 1 aromatic rings. The molecular formula is C13H17N3O3S. The number of benzene rings is 1. The fourth-order valence-electron chi connectivity index (χ4n) is 1.65. The number of amides is 1. The summed E-state index contributed by atoms with van der Waals surface area (Å²) in [6.45, 7) is 1.84. The summed E-state index contributed by atoms with van der Waals surface area (Å²) >= 11 is 0. The van der Waals surface area contributed by atoms with Crippen LogP contribution in [-0.2, 0) is 14.8 Å². The normalized spacial score (nSPS) is 11.1. The highest BCUT2D eigenvalue weighted by molar-refractivity contribution is 7.89. The number of hydrogen-bond donors (Lipinski definition) is 1. The molecule has 6 nitrogen and oxygen atoms in total. The third-order valence-corrected chi connectivity index (χ3v) is 4.51. The van der Waals surface area contributed by atoms with Crippen molar-refractivity contribution in [2.75, 3.05) is 20.1 Å². The number of carbonyl (C=O) groups excluding carboxylic acids is 1. The van der Waals surface area contributed by atoms with Crippen LogP contribution in [0.3, 0.4) is 0 Å². The highest BCUT2D eigenvalue weighted by Gasteiger charge is 2.25. The van der Waals surface area contributed by atoms with Gasteiger partial charge in [-0.25, -0.2) is 8.42 Å². The van der Waals surface area contributed by atoms with Crippen molar-refractivity contribution >= 4 is 15.9 Å². The molecule has 1 rings (SSSR count). The van der Waals surface area contributed by atoms with E-state index < -0.39 is 10.0 Å². The molecule has 0 aliphatic heterocycles. The van der Waals surface area contributed by atoms with Crippen LogP contribution in [-0.4, -0.2) is 38.8 Å². The minimum absolute atomic E-state index is 0.0221. The number of hydrogen-bond acceptors (Lipinski definition) is 4. The molecule has 20 heavy (non-hydrogen) atoms. The minimum atomic E-state index is -3.78. The Morgan fingerprint density at radius 1 is 1.45 bits per heavy atom. The average molecular weight is 295 g/mol. The van der Waals surface area contributed by atoms with Crippen LogP contribution in [0.2, 0.25) is 0 Å². The third kappa shape index (κ3) is 3.79. The lowest BCUT2D eigenvalue weighted by atomic mass is 10.2. The molecule has 1 amide bonds. The second-order valence-corrected chi connectivity index (χ2v) is 6.09. The zero-order chi connectivity index (χ0) is 15.2. The average Bonchev–Trinajstić information content (AvgIpc) is 2.46. The zero-order valence-corrected chi connectivity index (χ0v) is 12.3. The van der Waals surface area contributed by atoms with Crippen molar-refractivity contribution in [2.24, 2.45) is 0 Å². The number of likely N-dealkylation sites (N-methyl/N-ethyl adjacent to an activating group) is 1. The van der Waals surface area contributed by atoms with Gasteiger partial charge in [-0.05, 0) is 24.6 Å². The highest BCUT2D eigenvalue weighted by Crippen LogP contribution is 2.17. The molecule has 7 heteroatoms. The quantitative estimate of drug-likeness (QED) is 0.836. The summed E-state index contributed by atoms with van der Waals surface area (Å²) in [5.41, 5.74) is 0.266. The Bertz CT molecular complexity index is 620. The molecule has 1 aromatic carbocycles. The van der Waals surface area contributed by atoms with Gasteiger partial charge >= 0.3 is 0 Å². The summed E-state index contributed by atoms with van der Waals surface area (Å²) in [5.74, 6) is -0.376. The van der Waals surface area contributed by atoms with E-state index in [4.69, 9.17) is 5.26 Å². The minimum Gasteiger partial charge on any atom is -0.358 e. The molecule has 0 unspecified atom stereocenters. The molecule has 0 atom stereocenters. The highest BCUT2D eigenvalue weighted by atomic mass is 32.2. The van der Waals surface area contributed by atoms with Crippen LogP contribution in [0, 0.1) is 11.3 Å². The maximum absolute atomic E-state index is 12.5. The fourth-order valence-corrected chi connectivity index (χ4v) is 3.18. The van der Waals surface area contributed by atoms with Crippen LogP contribution >= 0.6 is 0 Å². The van der Waals surface area contributed by atoms with E-state index in [0.717, 1.165) is 4.31 Å². The summed E-state index contributed by atoms with van der Waals surface area (Å²) in [4.78, 5) is 11.5. The van der Waals surface area contributed by atoms with Gasteiger partial charge in [-0.15, -0.1) is 0 Å². The Morgan fingerprint density at radius 3 is 2.70 bits per heavy atom. The van der Waals surface area contributed by atoms with E-state index in [1.807, 2.05) is 13.0 Å². The largest absolute Gasteiger partial charge is 0.358 e. The second-order valence-electron chi connectivity index (χ2n) is 4.15. The molecule has 0 heterocycles. The molecule has 0 aliphatic rings. The summed E-state index contributed by atoms with van der Waals surface area (Å²) < 4.78 is 26.1. The Hall–Kier alpha value is -1.91. The van der Waals surface area contributed by atoms with Gasteiger partial charge in [0.15, 0.2) is 0 Å². The first-order chi connectivity index (χ1) is 9.45. The second kappa shape index (κ2) is 7.03. The monoisotopic (exact) mass is 295 g/mol. The maximum Gasteiger partial charge on any atom is 0.243 e. The Balaban J connectivity index is 3.15. The Morgan fingerprint density at radius 2 is 2.15 bits per heavy atom. The zero-order valence-electron chi connectivity index (χ0n) is 11.5. The molecule has 0 fully saturated rings. The summed E-state index contributed by atoms with van der Waals surface area (Å²) in [7, 11) is -2.33. The number of nitriles is 1. The van der Waals surface area contributed by atoms with E-state index >= 15 is 0 Å². The van der Waals surface area contributed by atoms with Crippen LogP contribution in [0.25, 0.3) is 0 Å². The third-order valence-electron chi connectivity index (χ3n) is 2.67. The van der Waals surface area contributed by atoms with Gasteiger partial charge in [0.2, 0.25) is 15.9 Å². The predicted molar refractivity (Wildman–Crippen MR) is 74.3 cm³/mol. The SMILES string of the molecule is CCCN(CC(=O)NC)S(=O)(=O)c1cccc(C#N)c1. The molecule has 1 N–H and O–H groups in total. The van der Waals surface area contributed by atoms with Gasteiger partial charge in [0, 0.05) is 13.6 Å². The summed E-state index contributed by atoms with van der Waals surface area (Å²) in [6, 6.07) is 7.67. The van der Waals surface area contributed by atoms with E-state index in [0.29, 0.717) is 6.42 Å². The molecule has 0 radical (unpaired) electrons. The molecule has 0 saturated heterocycles. The van der Waals surface area contributed by atoms with Gasteiger partial charge in [0.1, 0.15) is 0 Å². The molecule has 0 aromatic heterocycles. The van der Waals surface area contributed by atoms with Crippen LogP contribution in [0.5, 0.6) is 0 Å². The van der Waals surface area contributed by atoms with Crippen LogP contribution in [0.1, 0.15) is 18.9 Å².